The Kier molecular flexibility index (Phi) is 2.94. The molecule has 4 saturated carbocycles. The van der Waals surface area contributed by atoms with E-state index < -0.39 is 0 Å². The summed E-state index contributed by atoms with van der Waals surface area (Å²) in [5, 5.41) is 0. The molecular weight excluding hydrogens is 260 g/mol. The van der Waals surface area contributed by atoms with Crippen LogP contribution in [0.25, 0.3) is 0 Å². The number of ketones is 2. The lowest BCUT2D eigenvalue weighted by Gasteiger charge is -2.58. The van der Waals surface area contributed by atoms with E-state index in [0.29, 0.717) is 29.8 Å². The van der Waals surface area contributed by atoms with Crippen molar-refractivity contribution in [1.29, 1.82) is 0 Å². The number of fused-ring (bicyclic) bond motifs is 5. The Bertz CT molecular complexity index is 496. The van der Waals surface area contributed by atoms with Crippen LogP contribution in [0.4, 0.5) is 0 Å². The van der Waals surface area contributed by atoms with Crippen LogP contribution in [0.15, 0.2) is 0 Å². The molecule has 0 amide bonds. The SMILES string of the molecule is CC12CCCC1C1CCC3CCC(=O)CC3(C)C1C(=O)C2. The van der Waals surface area contributed by atoms with E-state index in [0.717, 1.165) is 25.2 Å². The smallest absolute Gasteiger partial charge is 0.137 e. The summed E-state index contributed by atoms with van der Waals surface area (Å²) in [6.45, 7) is 4.64. The lowest BCUT2D eigenvalue weighted by Crippen LogP contribution is -2.56. The lowest BCUT2D eigenvalue weighted by atomic mass is 9.45. The molecule has 2 nitrogen and oxygen atoms in total. The van der Waals surface area contributed by atoms with Crippen molar-refractivity contribution in [1.82, 2.24) is 0 Å². The summed E-state index contributed by atoms with van der Waals surface area (Å²) in [6, 6.07) is 0. The van der Waals surface area contributed by atoms with E-state index in [1.165, 1.54) is 32.1 Å². The highest BCUT2D eigenvalue weighted by Gasteiger charge is 2.61. The summed E-state index contributed by atoms with van der Waals surface area (Å²) in [4.78, 5) is 25.1. The van der Waals surface area contributed by atoms with Crippen molar-refractivity contribution in [2.75, 3.05) is 0 Å². The Hall–Kier alpha value is -0.660. The van der Waals surface area contributed by atoms with Crippen LogP contribution in [0.2, 0.25) is 0 Å². The fourth-order valence-corrected chi connectivity index (χ4v) is 6.97. The minimum atomic E-state index is -0.0146. The van der Waals surface area contributed by atoms with E-state index in [9.17, 15) is 9.59 Å². The number of carbonyl (C=O) groups excluding carboxylic acids is 2. The summed E-state index contributed by atoms with van der Waals surface area (Å²) < 4.78 is 0. The molecule has 0 aromatic carbocycles. The van der Waals surface area contributed by atoms with Crippen molar-refractivity contribution < 1.29 is 9.59 Å². The van der Waals surface area contributed by atoms with Crippen LogP contribution in [0.5, 0.6) is 0 Å². The molecular formula is C19H28O2. The fourth-order valence-electron chi connectivity index (χ4n) is 6.97. The minimum absolute atomic E-state index is 0.0146. The van der Waals surface area contributed by atoms with Crippen LogP contribution in [0.3, 0.4) is 0 Å². The van der Waals surface area contributed by atoms with Gasteiger partial charge in [-0.1, -0.05) is 20.3 Å². The second-order valence-corrected chi connectivity index (χ2v) is 8.97. The van der Waals surface area contributed by atoms with Crippen LogP contribution in [0.1, 0.15) is 71.6 Å². The van der Waals surface area contributed by atoms with E-state index in [1.54, 1.807) is 0 Å². The second kappa shape index (κ2) is 4.43. The molecule has 4 aliphatic carbocycles. The Morgan fingerprint density at radius 3 is 2.62 bits per heavy atom. The zero-order chi connectivity index (χ0) is 14.8. The molecule has 4 fully saturated rings. The second-order valence-electron chi connectivity index (χ2n) is 8.97. The first-order valence-electron chi connectivity index (χ1n) is 8.98. The summed E-state index contributed by atoms with van der Waals surface area (Å²) in [5.74, 6) is 3.04. The number of rotatable bonds is 0. The molecule has 6 unspecified atom stereocenters. The molecule has 116 valence electrons. The maximum Gasteiger partial charge on any atom is 0.137 e. The number of hydrogen-bond acceptors (Lipinski definition) is 2. The summed E-state index contributed by atoms with van der Waals surface area (Å²) in [7, 11) is 0. The monoisotopic (exact) mass is 288 g/mol. The summed E-state index contributed by atoms with van der Waals surface area (Å²) in [6.07, 6.45) is 9.61. The van der Waals surface area contributed by atoms with Crippen LogP contribution in [-0.4, -0.2) is 11.6 Å². The standard InChI is InChI=1S/C19H28O2/c1-18-9-3-4-15(18)14-8-6-12-5-7-13(20)10-19(12,2)17(14)16(21)11-18/h12,14-15,17H,3-11H2,1-2H3. The quantitative estimate of drug-likeness (QED) is 0.670. The topological polar surface area (TPSA) is 34.1 Å². The Morgan fingerprint density at radius 2 is 1.81 bits per heavy atom. The first-order valence-corrected chi connectivity index (χ1v) is 8.98. The lowest BCUT2D eigenvalue weighted by molar-refractivity contribution is -0.158. The molecule has 0 heterocycles. The molecule has 0 radical (unpaired) electrons. The van der Waals surface area contributed by atoms with Gasteiger partial charge in [0.15, 0.2) is 0 Å². The van der Waals surface area contributed by atoms with Crippen molar-refractivity contribution in [2.45, 2.75) is 71.6 Å². The van der Waals surface area contributed by atoms with Crippen molar-refractivity contribution in [3.63, 3.8) is 0 Å². The molecule has 0 aliphatic heterocycles. The molecule has 0 spiro atoms. The van der Waals surface area contributed by atoms with Gasteiger partial charge in [-0.2, -0.15) is 0 Å². The van der Waals surface area contributed by atoms with Gasteiger partial charge in [0, 0.05) is 25.2 Å². The van der Waals surface area contributed by atoms with Gasteiger partial charge in [0.05, 0.1) is 0 Å². The van der Waals surface area contributed by atoms with Crippen molar-refractivity contribution in [3.05, 3.63) is 0 Å². The minimum Gasteiger partial charge on any atom is -0.300 e. The predicted octanol–water partition coefficient (Wildman–Crippen LogP) is 4.17. The van der Waals surface area contributed by atoms with Crippen LogP contribution in [0, 0.1) is 34.5 Å². The zero-order valence-electron chi connectivity index (χ0n) is 13.5. The predicted molar refractivity (Wildman–Crippen MR) is 81.7 cm³/mol. The molecule has 0 aromatic rings. The van der Waals surface area contributed by atoms with Gasteiger partial charge >= 0.3 is 0 Å². The molecule has 0 saturated heterocycles. The van der Waals surface area contributed by atoms with Crippen LogP contribution in [-0.2, 0) is 9.59 Å². The molecule has 4 aliphatic rings. The number of carbonyl (C=O) groups is 2. The average Bonchev–Trinajstić information content (AvgIpc) is 2.78. The molecule has 4 rings (SSSR count). The third kappa shape index (κ3) is 1.83. The molecule has 2 heteroatoms. The van der Waals surface area contributed by atoms with Gasteiger partial charge in [0.25, 0.3) is 0 Å². The molecule has 0 aromatic heterocycles. The van der Waals surface area contributed by atoms with E-state index in [4.69, 9.17) is 0 Å². The van der Waals surface area contributed by atoms with E-state index in [-0.39, 0.29) is 16.7 Å². The Labute approximate surface area is 128 Å². The highest BCUT2D eigenvalue weighted by atomic mass is 16.1. The van der Waals surface area contributed by atoms with Gasteiger partial charge in [0.1, 0.15) is 11.6 Å². The Morgan fingerprint density at radius 1 is 1.00 bits per heavy atom. The number of Topliss-reactive ketones (excluding diaryl/α,β-unsaturated/α-hetero) is 2. The van der Waals surface area contributed by atoms with Crippen LogP contribution < -0.4 is 0 Å². The summed E-state index contributed by atoms with van der Waals surface area (Å²) in [5.41, 5.74) is 0.263. The fraction of sp³-hybridized carbons (Fsp3) is 0.895. The van der Waals surface area contributed by atoms with E-state index in [1.807, 2.05) is 0 Å². The third-order valence-corrected chi connectivity index (χ3v) is 7.87. The zero-order valence-corrected chi connectivity index (χ0v) is 13.5. The highest BCUT2D eigenvalue weighted by molar-refractivity contribution is 5.86. The van der Waals surface area contributed by atoms with Crippen molar-refractivity contribution >= 4 is 11.6 Å². The number of hydrogen-bond donors (Lipinski definition) is 0. The van der Waals surface area contributed by atoms with Gasteiger partial charge in [-0.05, 0) is 60.7 Å². The Balaban J connectivity index is 1.72. The molecule has 6 atom stereocenters. The van der Waals surface area contributed by atoms with Gasteiger partial charge in [-0.25, -0.2) is 0 Å². The molecule has 21 heavy (non-hydrogen) atoms. The maximum absolute atomic E-state index is 13.0. The first-order chi connectivity index (χ1) is 9.94. The van der Waals surface area contributed by atoms with Gasteiger partial charge < -0.3 is 0 Å². The molecule has 0 bridgehead atoms. The van der Waals surface area contributed by atoms with Gasteiger partial charge in [-0.3, -0.25) is 9.59 Å². The first kappa shape index (κ1) is 14.0. The largest absolute Gasteiger partial charge is 0.300 e. The highest BCUT2D eigenvalue weighted by Crippen LogP contribution is 2.64. The van der Waals surface area contributed by atoms with E-state index >= 15 is 0 Å². The van der Waals surface area contributed by atoms with Crippen molar-refractivity contribution in [3.8, 4) is 0 Å². The normalized spacial score (nSPS) is 53.0. The van der Waals surface area contributed by atoms with Gasteiger partial charge in [0.2, 0.25) is 0 Å². The third-order valence-electron chi connectivity index (χ3n) is 7.87. The maximum atomic E-state index is 13.0. The van der Waals surface area contributed by atoms with Crippen molar-refractivity contribution in [2.24, 2.45) is 34.5 Å². The summed E-state index contributed by atoms with van der Waals surface area (Å²) >= 11 is 0. The van der Waals surface area contributed by atoms with E-state index in [2.05, 4.69) is 13.8 Å². The average molecular weight is 288 g/mol. The van der Waals surface area contributed by atoms with Crippen LogP contribution >= 0.6 is 0 Å². The molecule has 0 N–H and O–H groups in total. The van der Waals surface area contributed by atoms with Gasteiger partial charge in [-0.15, -0.1) is 0 Å².